The number of nitrogens with one attached hydrogen (secondary N) is 1. The lowest BCUT2D eigenvalue weighted by atomic mass is 10.0. The van der Waals surface area contributed by atoms with Crippen LogP contribution in [0, 0.1) is 0 Å². The molecule has 0 radical (unpaired) electrons. The Morgan fingerprint density at radius 1 is 0.449 bits per heavy atom. The van der Waals surface area contributed by atoms with E-state index in [0.717, 1.165) is 89.9 Å². The molecule has 0 aliphatic rings. The second-order valence-corrected chi connectivity index (χ2v) is 19.0. The van der Waals surface area contributed by atoms with Gasteiger partial charge in [-0.3, -0.25) is 9.59 Å². The molecular weight excluding hydrogens is 851 g/mol. The van der Waals surface area contributed by atoms with Crippen LogP contribution in [0.4, 0.5) is 0 Å². The van der Waals surface area contributed by atoms with Crippen LogP contribution in [0.15, 0.2) is 109 Å². The number of hydrogen-bond acceptors (Lipinski definition) is 5. The van der Waals surface area contributed by atoms with E-state index in [2.05, 4.69) is 123 Å². The van der Waals surface area contributed by atoms with E-state index in [0.29, 0.717) is 19.3 Å². The molecule has 394 valence electrons. The van der Waals surface area contributed by atoms with Gasteiger partial charge in [0.1, 0.15) is 6.10 Å². The molecule has 0 aromatic heterocycles. The van der Waals surface area contributed by atoms with Crippen molar-refractivity contribution in [3.8, 4) is 0 Å². The topological polar surface area (TPSA) is 95.9 Å². The summed E-state index contributed by atoms with van der Waals surface area (Å²) in [5, 5.41) is 23.8. The van der Waals surface area contributed by atoms with Gasteiger partial charge in [0, 0.05) is 6.42 Å². The molecule has 0 fully saturated rings. The highest BCUT2D eigenvalue weighted by Crippen LogP contribution is 2.16. The van der Waals surface area contributed by atoms with E-state index in [1.807, 2.05) is 6.08 Å². The maximum absolute atomic E-state index is 13.2. The van der Waals surface area contributed by atoms with Crippen LogP contribution in [0.5, 0.6) is 0 Å². The number of rotatable bonds is 50. The van der Waals surface area contributed by atoms with Crippen LogP contribution in [0.1, 0.15) is 252 Å². The zero-order valence-electron chi connectivity index (χ0n) is 44.9. The Kier molecular flexibility index (Phi) is 52.7. The van der Waals surface area contributed by atoms with E-state index < -0.39 is 18.2 Å². The fourth-order valence-corrected chi connectivity index (χ4v) is 8.02. The zero-order valence-corrected chi connectivity index (χ0v) is 44.9. The van der Waals surface area contributed by atoms with E-state index in [1.165, 1.54) is 116 Å². The molecule has 0 heterocycles. The maximum atomic E-state index is 13.2. The highest BCUT2D eigenvalue weighted by molar-refractivity contribution is 5.78. The molecule has 3 N–H and O–H groups in total. The minimum atomic E-state index is -0.832. The summed E-state index contributed by atoms with van der Waals surface area (Å²) in [6, 6.07) is -0.757. The Hall–Kier alpha value is -3.48. The number of esters is 1. The Labute approximate surface area is 426 Å². The SMILES string of the molecule is CC/C=C/C/C=C/C/C=C/C/C=C/C/C=C/C(CC(=O)NC(CO)C(O)CCCCCCCCCCCCCCCCCCC)OC(=O)CCCCC/C=C\C/C=C\C/C=C\C/C=C\CCCCC. The second kappa shape index (κ2) is 55.4. The van der Waals surface area contributed by atoms with Gasteiger partial charge >= 0.3 is 5.97 Å². The van der Waals surface area contributed by atoms with Gasteiger partial charge in [-0.15, -0.1) is 0 Å². The highest BCUT2D eigenvalue weighted by atomic mass is 16.5. The lowest BCUT2D eigenvalue weighted by molar-refractivity contribution is -0.148. The van der Waals surface area contributed by atoms with Crippen LogP contribution in [0.25, 0.3) is 0 Å². The smallest absolute Gasteiger partial charge is 0.306 e. The molecule has 69 heavy (non-hydrogen) atoms. The Morgan fingerprint density at radius 2 is 0.812 bits per heavy atom. The van der Waals surface area contributed by atoms with Crippen molar-refractivity contribution in [2.24, 2.45) is 0 Å². The summed E-state index contributed by atoms with van der Waals surface area (Å²) >= 11 is 0. The van der Waals surface area contributed by atoms with Gasteiger partial charge in [0.15, 0.2) is 0 Å². The van der Waals surface area contributed by atoms with Gasteiger partial charge in [0.2, 0.25) is 5.91 Å². The van der Waals surface area contributed by atoms with Gasteiger partial charge in [-0.1, -0.05) is 252 Å². The molecule has 0 saturated carbocycles. The number of aliphatic hydroxyl groups is 2. The molecule has 6 heteroatoms. The summed E-state index contributed by atoms with van der Waals surface area (Å²) in [7, 11) is 0. The first-order valence-electron chi connectivity index (χ1n) is 28.6. The molecule has 3 unspecified atom stereocenters. The normalized spacial score (nSPS) is 14.0. The quantitative estimate of drug-likeness (QED) is 0.0321. The molecule has 0 aliphatic heterocycles. The van der Waals surface area contributed by atoms with Crippen LogP contribution in [0.3, 0.4) is 0 Å². The van der Waals surface area contributed by atoms with Crippen molar-refractivity contribution in [3.63, 3.8) is 0 Å². The zero-order chi connectivity index (χ0) is 50.2. The van der Waals surface area contributed by atoms with Crippen molar-refractivity contribution >= 4 is 11.9 Å². The van der Waals surface area contributed by atoms with Crippen LogP contribution in [0.2, 0.25) is 0 Å². The third-order valence-electron chi connectivity index (χ3n) is 12.3. The number of amides is 1. The van der Waals surface area contributed by atoms with Crippen LogP contribution in [-0.4, -0.2) is 46.9 Å². The van der Waals surface area contributed by atoms with E-state index in [1.54, 1.807) is 6.08 Å². The lowest BCUT2D eigenvalue weighted by Gasteiger charge is -2.23. The molecule has 6 nitrogen and oxygen atoms in total. The van der Waals surface area contributed by atoms with Gasteiger partial charge in [0.05, 0.1) is 25.2 Å². The average Bonchev–Trinajstić information content (AvgIpc) is 3.34. The van der Waals surface area contributed by atoms with E-state index >= 15 is 0 Å². The molecule has 0 aromatic carbocycles. The molecule has 0 spiro atoms. The third-order valence-corrected chi connectivity index (χ3v) is 12.3. The van der Waals surface area contributed by atoms with E-state index in [9.17, 15) is 19.8 Å². The van der Waals surface area contributed by atoms with E-state index in [4.69, 9.17) is 4.74 Å². The van der Waals surface area contributed by atoms with E-state index in [-0.39, 0.29) is 24.9 Å². The molecule has 3 atom stereocenters. The molecule has 0 bridgehead atoms. The molecular formula is C63H107NO5. The van der Waals surface area contributed by atoms with Gasteiger partial charge in [-0.25, -0.2) is 0 Å². The van der Waals surface area contributed by atoms with Crippen LogP contribution in [-0.2, 0) is 14.3 Å². The van der Waals surface area contributed by atoms with Crippen molar-refractivity contribution in [1.82, 2.24) is 5.32 Å². The van der Waals surface area contributed by atoms with Crippen molar-refractivity contribution < 1.29 is 24.5 Å². The first-order valence-corrected chi connectivity index (χ1v) is 28.6. The number of aliphatic hydroxyl groups excluding tert-OH is 2. The minimum absolute atomic E-state index is 0.0646. The predicted molar refractivity (Wildman–Crippen MR) is 300 cm³/mol. The highest BCUT2D eigenvalue weighted by Gasteiger charge is 2.23. The predicted octanol–water partition coefficient (Wildman–Crippen LogP) is 17.8. The first-order chi connectivity index (χ1) is 34.0. The van der Waals surface area contributed by atoms with Gasteiger partial charge in [-0.05, 0) is 96.0 Å². The monoisotopic (exact) mass is 958 g/mol. The number of ether oxygens (including phenoxy) is 1. The third kappa shape index (κ3) is 50.7. The summed E-state index contributed by atoms with van der Waals surface area (Å²) in [4.78, 5) is 26.2. The fourth-order valence-electron chi connectivity index (χ4n) is 8.02. The molecule has 0 saturated heterocycles. The summed E-state index contributed by atoms with van der Waals surface area (Å²) in [5.74, 6) is -0.670. The second-order valence-electron chi connectivity index (χ2n) is 19.0. The minimum Gasteiger partial charge on any atom is -0.458 e. The Bertz CT molecular complexity index is 1400. The number of carbonyl (C=O) groups is 2. The van der Waals surface area contributed by atoms with Crippen molar-refractivity contribution in [2.45, 2.75) is 270 Å². The largest absolute Gasteiger partial charge is 0.458 e. The van der Waals surface area contributed by atoms with Crippen LogP contribution >= 0.6 is 0 Å². The fraction of sp³-hybridized carbons (Fsp3) is 0.683. The number of unbranched alkanes of at least 4 members (excludes halogenated alkanes) is 22. The summed E-state index contributed by atoms with van der Waals surface area (Å²) < 4.78 is 5.83. The molecule has 0 aromatic rings. The summed E-state index contributed by atoms with van der Waals surface area (Å²) in [6.45, 7) is 6.31. The van der Waals surface area contributed by atoms with Crippen molar-refractivity contribution in [2.75, 3.05) is 6.61 Å². The van der Waals surface area contributed by atoms with Crippen LogP contribution < -0.4 is 5.32 Å². The van der Waals surface area contributed by atoms with Gasteiger partial charge < -0.3 is 20.3 Å². The number of hydrogen-bond donors (Lipinski definition) is 3. The van der Waals surface area contributed by atoms with Gasteiger partial charge in [-0.2, -0.15) is 0 Å². The number of allylic oxidation sites excluding steroid dienone is 17. The lowest BCUT2D eigenvalue weighted by Crippen LogP contribution is -2.46. The van der Waals surface area contributed by atoms with Crippen molar-refractivity contribution in [3.05, 3.63) is 109 Å². The van der Waals surface area contributed by atoms with Gasteiger partial charge in [0.25, 0.3) is 0 Å². The standard InChI is InChI=1S/C63H107NO5/c1-4-7-10-13-16-19-22-25-28-30-31-33-35-38-41-44-47-50-53-56-63(68)69-59(54-51-48-45-42-39-36-27-24-21-18-15-12-9-6-3)57-62(67)64-60(58-65)61(66)55-52-49-46-43-40-37-34-32-29-26-23-20-17-14-11-8-5-2/h9,12,16,18-19,21,25,27-28,31,33,36,38,41-42,45,51,54,59-61,65-66H,4-8,10-11,13-15,17,20,22-24,26,29-30,32,34-35,37,39-40,43-44,46-50,52-53,55-58H2,1-3H3,(H,64,67)/b12-9+,19-16-,21-18+,28-25-,33-31-,36-27+,41-38-,45-42+,54-51+. The summed E-state index contributed by atoms with van der Waals surface area (Å²) in [5.41, 5.74) is 0. The Balaban J connectivity index is 4.71. The molecule has 0 aliphatic carbocycles. The first kappa shape index (κ1) is 65.5. The maximum Gasteiger partial charge on any atom is 0.306 e. The Morgan fingerprint density at radius 3 is 1.25 bits per heavy atom. The molecule has 0 rings (SSSR count). The molecule has 1 amide bonds. The average molecular weight is 959 g/mol. The van der Waals surface area contributed by atoms with Crippen molar-refractivity contribution in [1.29, 1.82) is 0 Å². The summed E-state index contributed by atoms with van der Waals surface area (Å²) in [6.07, 6.45) is 76.1. The number of carbonyl (C=O) groups excluding carboxylic acids is 2.